The minimum Gasteiger partial charge on any atom is -0.329 e. The van der Waals surface area contributed by atoms with Crippen molar-refractivity contribution in [2.24, 2.45) is 0 Å². The summed E-state index contributed by atoms with van der Waals surface area (Å²) in [4.78, 5) is 29.0. The summed E-state index contributed by atoms with van der Waals surface area (Å²) < 4.78 is 0. The van der Waals surface area contributed by atoms with Crippen LogP contribution in [0.3, 0.4) is 0 Å². The Morgan fingerprint density at radius 2 is 1.93 bits per heavy atom. The molecule has 2 saturated heterocycles. The van der Waals surface area contributed by atoms with Gasteiger partial charge in [-0.1, -0.05) is 35.9 Å². The van der Waals surface area contributed by atoms with Crippen molar-refractivity contribution in [2.45, 2.75) is 18.9 Å². The minimum absolute atomic E-state index is 0. The zero-order valence-electron chi connectivity index (χ0n) is 15.4. The molecular formula is C21H23Cl2N3O2. The van der Waals surface area contributed by atoms with E-state index in [2.05, 4.69) is 5.32 Å². The van der Waals surface area contributed by atoms with Gasteiger partial charge in [0.05, 0.1) is 6.04 Å². The van der Waals surface area contributed by atoms with Gasteiger partial charge in [-0.15, -0.1) is 12.4 Å². The quantitative estimate of drug-likeness (QED) is 0.825. The molecule has 2 aliphatic rings. The van der Waals surface area contributed by atoms with Crippen LogP contribution in [0.2, 0.25) is 5.02 Å². The van der Waals surface area contributed by atoms with Gasteiger partial charge in [-0.05, 0) is 36.2 Å². The van der Waals surface area contributed by atoms with E-state index in [1.54, 1.807) is 4.90 Å². The normalized spacial score (nSPS) is 19.5. The Morgan fingerprint density at radius 1 is 1.11 bits per heavy atom. The van der Waals surface area contributed by atoms with E-state index in [0.717, 1.165) is 24.2 Å². The number of hydrogen-bond donors (Lipinski definition) is 1. The van der Waals surface area contributed by atoms with Gasteiger partial charge in [-0.3, -0.25) is 9.59 Å². The molecule has 0 bridgehead atoms. The number of carbonyl (C=O) groups is 2. The van der Waals surface area contributed by atoms with E-state index in [1.165, 1.54) is 0 Å². The molecule has 2 aromatic rings. The average molecular weight is 420 g/mol. The van der Waals surface area contributed by atoms with Gasteiger partial charge in [0.2, 0.25) is 5.91 Å². The standard InChI is InChI=1S/C21H22ClN3O2.ClH/c22-18-8-2-1-7-17(18)19-14-23-10-12-25(19)21(27)15-5-3-6-16(13-15)24-11-4-9-20(24)26;/h1-3,5-8,13,19,23H,4,9-12,14H2;1H. The summed E-state index contributed by atoms with van der Waals surface area (Å²) in [5.74, 6) is 0.0885. The fourth-order valence-electron chi connectivity index (χ4n) is 3.86. The Bertz CT molecular complexity index is 874. The molecule has 0 spiro atoms. The lowest BCUT2D eigenvalue weighted by atomic mass is 10.0. The molecule has 2 heterocycles. The number of halogens is 2. The van der Waals surface area contributed by atoms with Crippen LogP contribution in [0.5, 0.6) is 0 Å². The van der Waals surface area contributed by atoms with Crippen LogP contribution in [-0.4, -0.2) is 42.9 Å². The van der Waals surface area contributed by atoms with E-state index in [1.807, 2.05) is 53.4 Å². The van der Waals surface area contributed by atoms with E-state index >= 15 is 0 Å². The Hall–Kier alpha value is -2.08. The third-order valence-corrected chi connectivity index (χ3v) is 5.59. The van der Waals surface area contributed by atoms with Crippen LogP contribution in [0.25, 0.3) is 0 Å². The molecule has 7 heteroatoms. The molecule has 148 valence electrons. The lowest BCUT2D eigenvalue weighted by molar-refractivity contribution is -0.117. The molecule has 1 unspecified atom stereocenters. The Balaban J connectivity index is 0.00000225. The van der Waals surface area contributed by atoms with Crippen LogP contribution in [-0.2, 0) is 4.79 Å². The lowest BCUT2D eigenvalue weighted by Gasteiger charge is -2.37. The number of carbonyl (C=O) groups excluding carboxylic acids is 2. The summed E-state index contributed by atoms with van der Waals surface area (Å²) in [6.07, 6.45) is 1.44. The Kier molecular flexibility index (Phi) is 6.60. The van der Waals surface area contributed by atoms with Crippen molar-refractivity contribution in [1.82, 2.24) is 10.2 Å². The van der Waals surface area contributed by atoms with E-state index in [4.69, 9.17) is 11.6 Å². The van der Waals surface area contributed by atoms with Crippen LogP contribution in [0.1, 0.15) is 34.8 Å². The third kappa shape index (κ3) is 4.02. The molecule has 28 heavy (non-hydrogen) atoms. The summed E-state index contributed by atoms with van der Waals surface area (Å²) in [5, 5.41) is 4.02. The zero-order chi connectivity index (χ0) is 18.8. The number of benzene rings is 2. The van der Waals surface area contributed by atoms with Crippen LogP contribution >= 0.6 is 24.0 Å². The molecule has 2 aromatic carbocycles. The van der Waals surface area contributed by atoms with Crippen molar-refractivity contribution in [3.05, 3.63) is 64.7 Å². The molecule has 5 nitrogen and oxygen atoms in total. The van der Waals surface area contributed by atoms with Gasteiger partial charge in [0, 0.05) is 48.9 Å². The minimum atomic E-state index is -0.114. The first-order chi connectivity index (χ1) is 13.1. The van der Waals surface area contributed by atoms with Crippen molar-refractivity contribution < 1.29 is 9.59 Å². The maximum Gasteiger partial charge on any atom is 0.254 e. The van der Waals surface area contributed by atoms with Gasteiger partial charge >= 0.3 is 0 Å². The maximum absolute atomic E-state index is 13.3. The van der Waals surface area contributed by atoms with Crippen LogP contribution in [0, 0.1) is 0 Å². The Morgan fingerprint density at radius 3 is 2.68 bits per heavy atom. The van der Waals surface area contributed by atoms with Gasteiger partial charge in [-0.2, -0.15) is 0 Å². The predicted molar refractivity (Wildman–Crippen MR) is 113 cm³/mol. The van der Waals surface area contributed by atoms with Gasteiger partial charge in [0.15, 0.2) is 0 Å². The molecule has 2 amide bonds. The summed E-state index contributed by atoms with van der Waals surface area (Å²) in [6.45, 7) is 2.74. The van der Waals surface area contributed by atoms with Gasteiger partial charge in [0.25, 0.3) is 5.91 Å². The van der Waals surface area contributed by atoms with Crippen molar-refractivity contribution >= 4 is 41.5 Å². The molecular weight excluding hydrogens is 397 g/mol. The molecule has 0 aliphatic carbocycles. The largest absolute Gasteiger partial charge is 0.329 e. The number of piperazine rings is 1. The highest BCUT2D eigenvalue weighted by atomic mass is 35.5. The molecule has 0 radical (unpaired) electrons. The predicted octanol–water partition coefficient (Wildman–Crippen LogP) is 3.68. The van der Waals surface area contributed by atoms with E-state index < -0.39 is 0 Å². The molecule has 0 aromatic heterocycles. The summed E-state index contributed by atoms with van der Waals surface area (Å²) in [5.41, 5.74) is 2.35. The number of hydrogen-bond acceptors (Lipinski definition) is 3. The van der Waals surface area contributed by atoms with Gasteiger partial charge in [-0.25, -0.2) is 0 Å². The summed E-state index contributed by atoms with van der Waals surface area (Å²) in [6, 6.07) is 14.9. The van der Waals surface area contributed by atoms with Crippen LogP contribution in [0.15, 0.2) is 48.5 Å². The number of nitrogens with one attached hydrogen (secondary N) is 1. The molecule has 2 aliphatic heterocycles. The number of rotatable bonds is 3. The summed E-state index contributed by atoms with van der Waals surface area (Å²) in [7, 11) is 0. The smallest absolute Gasteiger partial charge is 0.254 e. The van der Waals surface area contributed by atoms with E-state index in [-0.39, 0.29) is 30.3 Å². The highest BCUT2D eigenvalue weighted by Gasteiger charge is 2.30. The fourth-order valence-corrected chi connectivity index (χ4v) is 4.13. The first-order valence-corrected chi connectivity index (χ1v) is 9.69. The van der Waals surface area contributed by atoms with Crippen LogP contribution in [0.4, 0.5) is 5.69 Å². The first kappa shape index (κ1) is 20.6. The van der Waals surface area contributed by atoms with Gasteiger partial charge in [0.1, 0.15) is 0 Å². The second-order valence-electron chi connectivity index (χ2n) is 6.94. The van der Waals surface area contributed by atoms with Crippen molar-refractivity contribution in [3.8, 4) is 0 Å². The van der Waals surface area contributed by atoms with E-state index in [0.29, 0.717) is 36.6 Å². The Labute approximate surface area is 176 Å². The molecule has 1 atom stereocenters. The fraction of sp³-hybridized carbons (Fsp3) is 0.333. The molecule has 0 saturated carbocycles. The maximum atomic E-state index is 13.3. The van der Waals surface area contributed by atoms with Crippen LogP contribution < -0.4 is 10.2 Å². The monoisotopic (exact) mass is 419 g/mol. The highest BCUT2D eigenvalue weighted by Crippen LogP contribution is 2.30. The highest BCUT2D eigenvalue weighted by molar-refractivity contribution is 6.31. The van der Waals surface area contributed by atoms with Crippen molar-refractivity contribution in [1.29, 1.82) is 0 Å². The second kappa shape index (κ2) is 8.95. The zero-order valence-corrected chi connectivity index (χ0v) is 17.0. The van der Waals surface area contributed by atoms with Crippen molar-refractivity contribution in [2.75, 3.05) is 31.1 Å². The van der Waals surface area contributed by atoms with Gasteiger partial charge < -0.3 is 15.1 Å². The third-order valence-electron chi connectivity index (χ3n) is 5.25. The summed E-state index contributed by atoms with van der Waals surface area (Å²) >= 11 is 6.39. The molecule has 4 rings (SSSR count). The second-order valence-corrected chi connectivity index (χ2v) is 7.35. The first-order valence-electron chi connectivity index (χ1n) is 9.32. The topological polar surface area (TPSA) is 52.7 Å². The molecule has 2 fully saturated rings. The average Bonchev–Trinajstić information content (AvgIpc) is 3.14. The number of nitrogens with zero attached hydrogens (tertiary/aromatic N) is 2. The van der Waals surface area contributed by atoms with Crippen molar-refractivity contribution in [3.63, 3.8) is 0 Å². The number of amides is 2. The van der Waals surface area contributed by atoms with E-state index in [9.17, 15) is 9.59 Å². The lowest BCUT2D eigenvalue weighted by Crippen LogP contribution is -2.48. The molecule has 1 N–H and O–H groups in total. The number of anilines is 1. The SMILES string of the molecule is Cl.O=C1CCCN1c1cccc(C(=O)N2CCNCC2c2ccccc2Cl)c1.